The fourth-order valence-corrected chi connectivity index (χ4v) is 4.20. The molecule has 160 valence electrons. The topological polar surface area (TPSA) is 72.7 Å². The van der Waals surface area contributed by atoms with Gasteiger partial charge in [0.05, 0.1) is 18.0 Å². The first kappa shape index (κ1) is 21.0. The molecule has 0 saturated heterocycles. The summed E-state index contributed by atoms with van der Waals surface area (Å²) in [4.78, 5) is 21.9. The van der Waals surface area contributed by atoms with Crippen molar-refractivity contribution in [1.29, 1.82) is 0 Å². The summed E-state index contributed by atoms with van der Waals surface area (Å²) in [5.41, 5.74) is 1.35. The van der Waals surface area contributed by atoms with Crippen LogP contribution in [0.2, 0.25) is 0 Å². The fraction of sp³-hybridized carbons (Fsp3) is 0.440. The predicted molar refractivity (Wildman–Crippen MR) is 121 cm³/mol. The first-order valence-corrected chi connectivity index (χ1v) is 11.0. The highest BCUT2D eigenvalue weighted by atomic mass is 16.2. The Morgan fingerprint density at radius 1 is 1.23 bits per heavy atom. The maximum Gasteiger partial charge on any atom is 0.225 e. The number of fused-ring (bicyclic) bond motifs is 1. The molecule has 1 amide bonds. The maximum atomic E-state index is 13.1. The molecule has 1 aliphatic rings. The molecule has 6 nitrogen and oxygen atoms in total. The van der Waals surface area contributed by atoms with Gasteiger partial charge in [-0.25, -0.2) is 9.67 Å². The zero-order chi connectivity index (χ0) is 21.8. The molecule has 1 aromatic carbocycles. The van der Waals surface area contributed by atoms with E-state index in [9.17, 15) is 4.79 Å². The molecule has 1 saturated carbocycles. The van der Waals surface area contributed by atoms with Crippen molar-refractivity contribution >= 4 is 16.8 Å². The van der Waals surface area contributed by atoms with Gasteiger partial charge in [0.2, 0.25) is 5.91 Å². The lowest BCUT2D eigenvalue weighted by molar-refractivity contribution is -0.126. The molecule has 4 rings (SSSR count). The van der Waals surface area contributed by atoms with Crippen LogP contribution >= 0.6 is 0 Å². The highest BCUT2D eigenvalue weighted by molar-refractivity contribution is 5.80. The molecule has 1 unspecified atom stereocenters. The van der Waals surface area contributed by atoms with Crippen molar-refractivity contribution in [2.24, 2.45) is 5.92 Å². The van der Waals surface area contributed by atoms with Gasteiger partial charge < -0.3 is 5.32 Å². The summed E-state index contributed by atoms with van der Waals surface area (Å²) in [6, 6.07) is 10.1. The number of nitrogens with one attached hydrogen (secondary N) is 1. The second kappa shape index (κ2) is 8.89. The van der Waals surface area contributed by atoms with Gasteiger partial charge in [0.25, 0.3) is 0 Å². The standard InChI is InChI=1S/C25H29N5O/c1-18(17-30-20(3)27-19(2)29-30)24(31)28-25(12-7-4-8-13-25)14-11-21-15-22-9-5-6-10-23(22)26-16-21/h5-6,9-10,15-16,18H,4,7-8,12-13,17H2,1-3H3,(H,28,31). The van der Waals surface area contributed by atoms with Crippen LogP contribution in [0, 0.1) is 31.6 Å². The number of carbonyl (C=O) groups excluding carboxylic acids is 1. The third-order valence-electron chi connectivity index (χ3n) is 5.96. The number of aryl methyl sites for hydroxylation is 2. The first-order valence-electron chi connectivity index (χ1n) is 11.0. The number of aromatic nitrogens is 4. The average Bonchev–Trinajstić information content (AvgIpc) is 3.09. The predicted octanol–water partition coefficient (Wildman–Crippen LogP) is 3.95. The third-order valence-corrected chi connectivity index (χ3v) is 5.96. The van der Waals surface area contributed by atoms with Gasteiger partial charge >= 0.3 is 0 Å². The molecule has 3 aromatic rings. The molecule has 2 aromatic heterocycles. The number of amides is 1. The maximum absolute atomic E-state index is 13.1. The Labute approximate surface area is 183 Å². The fourth-order valence-electron chi connectivity index (χ4n) is 4.20. The van der Waals surface area contributed by atoms with Crippen molar-refractivity contribution in [3.63, 3.8) is 0 Å². The summed E-state index contributed by atoms with van der Waals surface area (Å²) >= 11 is 0. The largest absolute Gasteiger partial charge is 0.339 e. The zero-order valence-corrected chi connectivity index (χ0v) is 18.5. The summed E-state index contributed by atoms with van der Waals surface area (Å²) in [6.07, 6.45) is 6.89. The minimum Gasteiger partial charge on any atom is -0.339 e. The molecule has 0 spiro atoms. The lowest BCUT2D eigenvalue weighted by Crippen LogP contribution is -2.51. The first-order chi connectivity index (χ1) is 14.9. The lowest BCUT2D eigenvalue weighted by Gasteiger charge is -2.34. The van der Waals surface area contributed by atoms with Gasteiger partial charge in [0.15, 0.2) is 0 Å². The van der Waals surface area contributed by atoms with E-state index >= 15 is 0 Å². The number of benzene rings is 1. The van der Waals surface area contributed by atoms with Crippen molar-refractivity contribution in [2.75, 3.05) is 0 Å². The molecule has 1 fully saturated rings. The second-order valence-electron chi connectivity index (χ2n) is 8.59. The molecule has 1 N–H and O–H groups in total. The van der Waals surface area contributed by atoms with E-state index < -0.39 is 5.54 Å². The van der Waals surface area contributed by atoms with Crippen LogP contribution in [-0.2, 0) is 11.3 Å². The average molecular weight is 416 g/mol. The highest BCUT2D eigenvalue weighted by Crippen LogP contribution is 2.28. The summed E-state index contributed by atoms with van der Waals surface area (Å²) < 4.78 is 1.81. The van der Waals surface area contributed by atoms with Crippen LogP contribution in [0.5, 0.6) is 0 Å². The Balaban J connectivity index is 1.53. The number of para-hydroxylation sites is 1. The van der Waals surface area contributed by atoms with Gasteiger partial charge in [0, 0.05) is 17.1 Å². The normalized spacial score (nSPS) is 16.4. The van der Waals surface area contributed by atoms with Crippen molar-refractivity contribution in [3.8, 4) is 11.8 Å². The molecule has 2 heterocycles. The Kier molecular flexibility index (Phi) is 6.03. The van der Waals surface area contributed by atoms with E-state index in [1.165, 1.54) is 6.42 Å². The minimum absolute atomic E-state index is 0.0142. The van der Waals surface area contributed by atoms with Gasteiger partial charge in [-0.2, -0.15) is 5.10 Å². The quantitative estimate of drug-likeness (QED) is 0.655. The third kappa shape index (κ3) is 4.93. The van der Waals surface area contributed by atoms with Gasteiger partial charge in [0.1, 0.15) is 17.2 Å². The Hall–Kier alpha value is -3.20. The Bertz CT molecular complexity index is 1150. The van der Waals surface area contributed by atoms with Crippen molar-refractivity contribution < 1.29 is 4.79 Å². The van der Waals surface area contributed by atoms with Crippen molar-refractivity contribution in [2.45, 2.75) is 65.0 Å². The van der Waals surface area contributed by atoms with E-state index in [2.05, 4.69) is 38.3 Å². The number of hydrogen-bond donors (Lipinski definition) is 1. The van der Waals surface area contributed by atoms with Gasteiger partial charge in [-0.3, -0.25) is 9.78 Å². The Morgan fingerprint density at radius 2 is 2.00 bits per heavy atom. The van der Waals surface area contributed by atoms with Gasteiger partial charge in [-0.1, -0.05) is 56.2 Å². The van der Waals surface area contributed by atoms with Crippen LogP contribution in [0.4, 0.5) is 0 Å². The lowest BCUT2D eigenvalue weighted by atomic mass is 9.81. The van der Waals surface area contributed by atoms with Crippen molar-refractivity contribution in [3.05, 3.63) is 53.7 Å². The van der Waals surface area contributed by atoms with Crippen LogP contribution in [0.25, 0.3) is 10.9 Å². The molecule has 1 aliphatic carbocycles. The van der Waals surface area contributed by atoms with Crippen LogP contribution in [-0.4, -0.2) is 31.2 Å². The number of pyridine rings is 1. The Morgan fingerprint density at radius 3 is 2.74 bits per heavy atom. The van der Waals surface area contributed by atoms with E-state index in [0.29, 0.717) is 6.54 Å². The SMILES string of the molecule is Cc1nc(C)n(CC(C)C(=O)NC2(C#Cc3cnc4ccccc4c3)CCCCC2)n1. The van der Waals surface area contributed by atoms with E-state index in [1.54, 1.807) is 4.68 Å². The molecule has 0 aliphatic heterocycles. The molecule has 6 heteroatoms. The molecule has 1 atom stereocenters. The molecular formula is C25H29N5O. The van der Waals surface area contributed by atoms with E-state index in [4.69, 9.17) is 0 Å². The van der Waals surface area contributed by atoms with Gasteiger partial charge in [-0.15, -0.1) is 0 Å². The van der Waals surface area contributed by atoms with Crippen LogP contribution in [0.1, 0.15) is 56.2 Å². The minimum atomic E-state index is -0.484. The number of hydrogen-bond acceptors (Lipinski definition) is 4. The summed E-state index contributed by atoms with van der Waals surface area (Å²) in [7, 11) is 0. The number of rotatable bonds is 4. The molecule has 31 heavy (non-hydrogen) atoms. The van der Waals surface area contributed by atoms with Crippen LogP contribution in [0.15, 0.2) is 36.5 Å². The summed E-state index contributed by atoms with van der Waals surface area (Å²) in [6.45, 7) is 6.22. The highest BCUT2D eigenvalue weighted by Gasteiger charge is 2.33. The smallest absolute Gasteiger partial charge is 0.225 e. The summed E-state index contributed by atoms with van der Waals surface area (Å²) in [5, 5.41) is 8.75. The second-order valence-corrected chi connectivity index (χ2v) is 8.59. The van der Waals surface area contributed by atoms with Crippen molar-refractivity contribution in [1.82, 2.24) is 25.1 Å². The van der Waals surface area contributed by atoms with Crippen LogP contribution < -0.4 is 5.32 Å². The van der Waals surface area contributed by atoms with E-state index in [0.717, 1.165) is 53.8 Å². The van der Waals surface area contributed by atoms with Crippen LogP contribution in [0.3, 0.4) is 0 Å². The molecule has 0 radical (unpaired) electrons. The van der Waals surface area contributed by atoms with Gasteiger partial charge in [-0.05, 0) is 38.8 Å². The zero-order valence-electron chi connectivity index (χ0n) is 18.5. The number of carbonyl (C=O) groups is 1. The molecular weight excluding hydrogens is 386 g/mol. The number of nitrogens with zero attached hydrogens (tertiary/aromatic N) is 4. The van der Waals surface area contributed by atoms with E-state index in [-0.39, 0.29) is 11.8 Å². The van der Waals surface area contributed by atoms with E-state index in [1.807, 2.05) is 51.2 Å². The molecule has 0 bridgehead atoms. The monoisotopic (exact) mass is 415 g/mol. The summed E-state index contributed by atoms with van der Waals surface area (Å²) in [5.74, 6) is 8.07.